The Labute approximate surface area is 122 Å². The van der Waals surface area contributed by atoms with Crippen molar-refractivity contribution in [2.45, 2.75) is 38.9 Å². The first-order valence-corrected chi connectivity index (χ1v) is 7.23. The predicted molar refractivity (Wildman–Crippen MR) is 76.4 cm³/mol. The van der Waals surface area contributed by atoms with E-state index in [4.69, 9.17) is 9.31 Å². The van der Waals surface area contributed by atoms with Crippen molar-refractivity contribution in [2.75, 3.05) is 7.11 Å². The summed E-state index contributed by atoms with van der Waals surface area (Å²) in [6.45, 7) is 5.89. The molecule has 0 aromatic carbocycles. The van der Waals surface area contributed by atoms with Gasteiger partial charge in [-0.15, -0.1) is 11.3 Å². The molecule has 108 valence electrons. The summed E-state index contributed by atoms with van der Waals surface area (Å²) in [5.74, 6) is -0.786. The van der Waals surface area contributed by atoms with Gasteiger partial charge in [0.2, 0.25) is 0 Å². The monoisotopic (exact) mass is 296 g/mol. The van der Waals surface area contributed by atoms with Crippen LogP contribution in [0.1, 0.15) is 36.9 Å². The number of methoxy groups -OCH3 is 1. The van der Waals surface area contributed by atoms with E-state index < -0.39 is 13.1 Å². The molecule has 0 N–H and O–H groups in total. The van der Waals surface area contributed by atoms with Crippen LogP contribution >= 0.6 is 11.3 Å². The maximum Gasteiger partial charge on any atom is 0.495 e. The van der Waals surface area contributed by atoms with Crippen LogP contribution in [0.25, 0.3) is 0 Å². The minimum absolute atomic E-state index is 0.0263. The smallest absolute Gasteiger partial charge is 0.469 e. The van der Waals surface area contributed by atoms with Gasteiger partial charge in [-0.1, -0.05) is 0 Å². The second kappa shape index (κ2) is 5.67. The van der Waals surface area contributed by atoms with E-state index in [9.17, 15) is 9.59 Å². The third-order valence-corrected chi connectivity index (χ3v) is 4.41. The second-order valence-electron chi connectivity index (χ2n) is 5.25. The first kappa shape index (κ1) is 15.2. The van der Waals surface area contributed by atoms with E-state index in [0.717, 1.165) is 5.46 Å². The molecule has 1 fully saturated rings. The van der Waals surface area contributed by atoms with Crippen molar-refractivity contribution >= 4 is 35.7 Å². The summed E-state index contributed by atoms with van der Waals surface area (Å²) in [6.07, 6.45) is -0.272. The summed E-state index contributed by atoms with van der Waals surface area (Å²) < 4.78 is 16.0. The van der Waals surface area contributed by atoms with E-state index in [2.05, 4.69) is 4.74 Å². The minimum atomic E-state index is -0.534. The van der Waals surface area contributed by atoms with E-state index in [-0.39, 0.29) is 23.9 Å². The van der Waals surface area contributed by atoms with E-state index in [1.807, 2.05) is 26.2 Å². The molecule has 1 aliphatic rings. The lowest BCUT2D eigenvalue weighted by molar-refractivity contribution is -0.139. The summed E-state index contributed by atoms with van der Waals surface area (Å²) >= 11 is 1.28. The van der Waals surface area contributed by atoms with Crippen molar-refractivity contribution in [1.29, 1.82) is 0 Å². The molecule has 0 radical (unpaired) electrons. The normalized spacial score (nSPS) is 21.0. The highest BCUT2D eigenvalue weighted by Gasteiger charge is 2.44. The fourth-order valence-corrected chi connectivity index (χ4v) is 2.66. The van der Waals surface area contributed by atoms with Crippen molar-refractivity contribution in [3.63, 3.8) is 0 Å². The largest absolute Gasteiger partial charge is 0.495 e. The highest BCUT2D eigenvalue weighted by Crippen LogP contribution is 2.27. The van der Waals surface area contributed by atoms with Crippen molar-refractivity contribution in [3.8, 4) is 0 Å². The molecular formula is C13H17BO5S. The number of ether oxygens (including phenoxy) is 1. The van der Waals surface area contributed by atoms with Crippen LogP contribution in [-0.2, 0) is 18.8 Å². The van der Waals surface area contributed by atoms with E-state index in [1.165, 1.54) is 18.4 Å². The van der Waals surface area contributed by atoms with Crippen molar-refractivity contribution in [3.05, 3.63) is 16.3 Å². The van der Waals surface area contributed by atoms with Gasteiger partial charge in [-0.3, -0.25) is 9.59 Å². The van der Waals surface area contributed by atoms with Crippen molar-refractivity contribution in [1.82, 2.24) is 0 Å². The molecule has 1 unspecified atom stereocenters. The maximum atomic E-state index is 11.9. The SMILES string of the molecule is COC(=O)CC(=O)c1cc(B2OC(C)C(C)(C)O2)cs1. The Morgan fingerprint density at radius 1 is 1.50 bits per heavy atom. The molecule has 0 amide bonds. The number of hydrogen-bond acceptors (Lipinski definition) is 6. The Bertz CT molecular complexity index is 525. The molecule has 0 bridgehead atoms. The molecule has 0 saturated carbocycles. The van der Waals surface area contributed by atoms with E-state index in [1.54, 1.807) is 6.07 Å². The Balaban J connectivity index is 2.07. The highest BCUT2D eigenvalue weighted by atomic mass is 32.1. The van der Waals surface area contributed by atoms with Gasteiger partial charge in [0.05, 0.1) is 23.7 Å². The molecule has 0 aliphatic carbocycles. The van der Waals surface area contributed by atoms with Crippen LogP contribution in [0.3, 0.4) is 0 Å². The maximum absolute atomic E-state index is 11.9. The summed E-state index contributed by atoms with van der Waals surface area (Å²) in [7, 11) is 0.801. The topological polar surface area (TPSA) is 61.8 Å². The van der Waals surface area contributed by atoms with E-state index >= 15 is 0 Å². The van der Waals surface area contributed by atoms with Crippen LogP contribution in [-0.4, -0.2) is 37.7 Å². The summed E-state index contributed by atoms with van der Waals surface area (Å²) in [5.41, 5.74) is 0.448. The molecule has 1 aromatic rings. The van der Waals surface area contributed by atoms with Gasteiger partial charge in [-0.2, -0.15) is 0 Å². The minimum Gasteiger partial charge on any atom is -0.469 e. The van der Waals surface area contributed by atoms with Crippen LogP contribution in [0.4, 0.5) is 0 Å². The molecule has 5 nitrogen and oxygen atoms in total. The van der Waals surface area contributed by atoms with Gasteiger partial charge in [0, 0.05) is 0 Å². The fourth-order valence-electron chi connectivity index (χ4n) is 1.81. The number of carbonyl (C=O) groups excluding carboxylic acids is 2. The van der Waals surface area contributed by atoms with Crippen LogP contribution in [0.5, 0.6) is 0 Å². The van der Waals surface area contributed by atoms with Gasteiger partial charge in [0.25, 0.3) is 0 Å². The van der Waals surface area contributed by atoms with Gasteiger partial charge < -0.3 is 14.0 Å². The Morgan fingerprint density at radius 3 is 2.75 bits per heavy atom. The average Bonchev–Trinajstić information content (AvgIpc) is 2.95. The number of hydrogen-bond donors (Lipinski definition) is 0. The van der Waals surface area contributed by atoms with Gasteiger partial charge in [0.1, 0.15) is 6.42 Å². The molecule has 1 aromatic heterocycles. The third-order valence-electron chi connectivity index (χ3n) is 3.42. The lowest BCUT2D eigenvalue weighted by Gasteiger charge is -2.21. The van der Waals surface area contributed by atoms with Gasteiger partial charge in [-0.05, 0) is 37.7 Å². The second-order valence-corrected chi connectivity index (χ2v) is 6.16. The lowest BCUT2D eigenvalue weighted by Crippen LogP contribution is -2.34. The Hall–Kier alpha value is -1.18. The predicted octanol–water partition coefficient (Wildman–Crippen LogP) is 1.40. The quantitative estimate of drug-likeness (QED) is 0.364. The number of carbonyl (C=O) groups is 2. The first-order chi connectivity index (χ1) is 9.33. The zero-order valence-electron chi connectivity index (χ0n) is 12.0. The first-order valence-electron chi connectivity index (χ1n) is 6.35. The van der Waals surface area contributed by atoms with Gasteiger partial charge in [-0.25, -0.2) is 0 Å². The molecule has 1 atom stereocenters. The summed E-state index contributed by atoms with van der Waals surface area (Å²) in [6, 6.07) is 1.72. The Morgan fingerprint density at radius 2 is 2.20 bits per heavy atom. The summed E-state index contributed by atoms with van der Waals surface area (Å²) in [5, 5.41) is 1.82. The number of esters is 1. The fraction of sp³-hybridized carbons (Fsp3) is 0.538. The molecule has 1 aliphatic heterocycles. The Kier molecular flexibility index (Phi) is 4.32. The van der Waals surface area contributed by atoms with Crippen LogP contribution in [0.2, 0.25) is 0 Å². The zero-order chi connectivity index (χ0) is 14.9. The van der Waals surface area contributed by atoms with Crippen LogP contribution < -0.4 is 5.46 Å². The standard InChI is InChI=1S/C13H17BO5S/c1-8-13(2,3)19-14(18-8)9-5-11(20-7-9)10(15)6-12(16)17-4/h5,7-8H,6H2,1-4H3. The third kappa shape index (κ3) is 3.11. The number of thiophene rings is 1. The van der Waals surface area contributed by atoms with Crippen LogP contribution in [0, 0.1) is 0 Å². The average molecular weight is 296 g/mol. The molecule has 2 rings (SSSR count). The molecule has 1 saturated heterocycles. The number of ketones is 1. The van der Waals surface area contributed by atoms with Crippen molar-refractivity contribution < 1.29 is 23.6 Å². The van der Waals surface area contributed by atoms with Gasteiger partial charge >= 0.3 is 13.1 Å². The lowest BCUT2D eigenvalue weighted by atomic mass is 9.81. The zero-order valence-corrected chi connectivity index (χ0v) is 12.8. The highest BCUT2D eigenvalue weighted by molar-refractivity contribution is 7.13. The molecule has 20 heavy (non-hydrogen) atoms. The van der Waals surface area contributed by atoms with Crippen molar-refractivity contribution in [2.24, 2.45) is 0 Å². The molecular weight excluding hydrogens is 279 g/mol. The summed E-state index contributed by atoms with van der Waals surface area (Å²) in [4.78, 5) is 23.5. The molecule has 0 spiro atoms. The van der Waals surface area contributed by atoms with Gasteiger partial charge in [0.15, 0.2) is 5.78 Å². The van der Waals surface area contributed by atoms with E-state index in [0.29, 0.717) is 4.88 Å². The van der Waals surface area contributed by atoms with Crippen LogP contribution in [0.15, 0.2) is 11.4 Å². The molecule has 2 heterocycles. The number of rotatable bonds is 4. The molecule has 7 heteroatoms. The number of Topliss-reactive ketones (excluding diaryl/α,β-unsaturated/α-hetero) is 1.